The molecular weight excluding hydrogens is 280 g/mol. The van der Waals surface area contributed by atoms with Gasteiger partial charge in [0.1, 0.15) is 24.9 Å². The molecule has 0 aromatic heterocycles. The second kappa shape index (κ2) is 6.80. The summed E-state index contributed by atoms with van der Waals surface area (Å²) in [6.07, 6.45) is -5.84. The van der Waals surface area contributed by atoms with E-state index in [0.29, 0.717) is 0 Å². The largest absolute Gasteiger partial charge is 0.391 e. The summed E-state index contributed by atoms with van der Waals surface area (Å²) in [6.45, 7) is -0.650. The highest BCUT2D eigenvalue weighted by molar-refractivity contribution is 5.13. The minimum absolute atomic E-state index is 0.0533. The Labute approximate surface area is 122 Å². The first-order valence-corrected chi connectivity index (χ1v) is 6.57. The third kappa shape index (κ3) is 3.24. The molecule has 7 nitrogen and oxygen atoms in total. The molecule has 1 aliphatic heterocycles. The van der Waals surface area contributed by atoms with Gasteiger partial charge in [0.05, 0.1) is 6.61 Å². The SMILES string of the molecule is CO[C@@H]1OC(CO)(OCc2ccccc2)[C@@H](O)[C@H](O)[C@H]1O. The molecule has 7 heteroatoms. The van der Waals surface area contributed by atoms with Gasteiger partial charge in [0.25, 0.3) is 0 Å². The first-order chi connectivity index (χ1) is 10.0. The molecule has 0 saturated carbocycles. The molecular formula is C14H20O7. The van der Waals surface area contributed by atoms with Crippen LogP contribution in [-0.4, -0.2) is 64.5 Å². The van der Waals surface area contributed by atoms with Crippen molar-refractivity contribution < 1.29 is 34.6 Å². The lowest BCUT2D eigenvalue weighted by molar-refractivity contribution is -0.408. The van der Waals surface area contributed by atoms with Gasteiger partial charge in [-0.25, -0.2) is 0 Å². The van der Waals surface area contributed by atoms with Crippen molar-refractivity contribution in [2.45, 2.75) is 37.0 Å². The Balaban J connectivity index is 2.14. The summed E-state index contributed by atoms with van der Waals surface area (Å²) in [5.41, 5.74) is 0.802. The van der Waals surface area contributed by atoms with Gasteiger partial charge in [0.15, 0.2) is 6.29 Å². The quantitative estimate of drug-likeness (QED) is 0.551. The van der Waals surface area contributed by atoms with Gasteiger partial charge in [-0.15, -0.1) is 0 Å². The zero-order chi connectivity index (χ0) is 15.5. The number of hydrogen-bond donors (Lipinski definition) is 4. The molecule has 4 N–H and O–H groups in total. The molecule has 2 rings (SSSR count). The van der Waals surface area contributed by atoms with Crippen LogP contribution in [0.25, 0.3) is 0 Å². The molecule has 21 heavy (non-hydrogen) atoms. The van der Waals surface area contributed by atoms with Gasteiger partial charge in [0, 0.05) is 7.11 Å². The van der Waals surface area contributed by atoms with Gasteiger partial charge in [-0.3, -0.25) is 0 Å². The summed E-state index contributed by atoms with van der Waals surface area (Å²) < 4.78 is 15.7. The average molecular weight is 300 g/mol. The van der Waals surface area contributed by atoms with Crippen LogP contribution in [0, 0.1) is 0 Å². The van der Waals surface area contributed by atoms with Gasteiger partial charge < -0.3 is 34.6 Å². The van der Waals surface area contributed by atoms with Gasteiger partial charge >= 0.3 is 0 Å². The summed E-state index contributed by atoms with van der Waals surface area (Å²) in [4.78, 5) is 0. The minimum atomic E-state index is -1.87. The van der Waals surface area contributed by atoms with Gasteiger partial charge in [-0.2, -0.15) is 0 Å². The van der Waals surface area contributed by atoms with Crippen molar-refractivity contribution in [3.63, 3.8) is 0 Å². The molecule has 0 amide bonds. The summed E-state index contributed by atoms with van der Waals surface area (Å²) in [5.74, 6) is -1.87. The van der Waals surface area contributed by atoms with Crippen molar-refractivity contribution in [3.05, 3.63) is 35.9 Å². The molecule has 0 bridgehead atoms. The zero-order valence-electron chi connectivity index (χ0n) is 11.6. The van der Waals surface area contributed by atoms with Crippen LogP contribution < -0.4 is 0 Å². The summed E-state index contributed by atoms with van der Waals surface area (Å²) in [6, 6.07) is 9.09. The second-order valence-electron chi connectivity index (χ2n) is 4.89. The van der Waals surface area contributed by atoms with Crippen LogP contribution in [0.5, 0.6) is 0 Å². The minimum Gasteiger partial charge on any atom is -0.391 e. The van der Waals surface area contributed by atoms with Crippen LogP contribution >= 0.6 is 0 Å². The Morgan fingerprint density at radius 3 is 2.38 bits per heavy atom. The standard InChI is InChI=1S/C14H20O7/c1-19-13-11(17)10(16)12(18)14(8-15,21-13)20-7-9-5-3-2-4-6-9/h2-6,10-13,15-18H,7-8H2,1H3/t10-,11-,12+,13-,14?/m1/s1. The molecule has 0 aliphatic carbocycles. The number of rotatable bonds is 5. The van der Waals surface area contributed by atoms with Gasteiger partial charge in [0.2, 0.25) is 5.79 Å². The maximum absolute atomic E-state index is 10.1. The summed E-state index contributed by atoms with van der Waals surface area (Å²) >= 11 is 0. The highest BCUT2D eigenvalue weighted by Crippen LogP contribution is 2.32. The van der Waals surface area contributed by atoms with Crippen molar-refractivity contribution in [2.75, 3.05) is 13.7 Å². The van der Waals surface area contributed by atoms with E-state index in [9.17, 15) is 20.4 Å². The average Bonchev–Trinajstić information content (AvgIpc) is 2.53. The fraction of sp³-hybridized carbons (Fsp3) is 0.571. The topological polar surface area (TPSA) is 109 Å². The van der Waals surface area contributed by atoms with Crippen molar-refractivity contribution in [2.24, 2.45) is 0 Å². The lowest BCUT2D eigenvalue weighted by Gasteiger charge is -2.46. The Morgan fingerprint density at radius 2 is 1.81 bits per heavy atom. The lowest BCUT2D eigenvalue weighted by atomic mass is 9.96. The fourth-order valence-electron chi connectivity index (χ4n) is 2.21. The Bertz CT molecular complexity index is 438. The predicted molar refractivity (Wildman–Crippen MR) is 71.0 cm³/mol. The van der Waals surface area contributed by atoms with E-state index in [1.54, 1.807) is 12.1 Å². The number of aliphatic hydroxyl groups excluding tert-OH is 4. The first-order valence-electron chi connectivity index (χ1n) is 6.57. The normalized spacial score (nSPS) is 36.6. The molecule has 0 spiro atoms. The molecule has 1 saturated heterocycles. The highest BCUT2D eigenvalue weighted by atomic mass is 16.8. The zero-order valence-corrected chi connectivity index (χ0v) is 11.6. The van der Waals surface area contributed by atoms with E-state index in [-0.39, 0.29) is 6.61 Å². The number of methoxy groups -OCH3 is 1. The maximum atomic E-state index is 10.1. The number of hydrogen-bond acceptors (Lipinski definition) is 7. The predicted octanol–water partition coefficient (Wildman–Crippen LogP) is -1.02. The fourth-order valence-corrected chi connectivity index (χ4v) is 2.21. The van der Waals surface area contributed by atoms with Gasteiger partial charge in [-0.1, -0.05) is 30.3 Å². The van der Waals surface area contributed by atoms with Crippen LogP contribution in [-0.2, 0) is 20.8 Å². The molecule has 5 atom stereocenters. The number of ether oxygens (including phenoxy) is 3. The number of benzene rings is 1. The molecule has 1 fully saturated rings. The summed E-state index contributed by atoms with van der Waals surface area (Å²) in [7, 11) is 1.28. The maximum Gasteiger partial charge on any atom is 0.223 e. The van der Waals surface area contributed by atoms with Crippen LogP contribution in [0.3, 0.4) is 0 Å². The van der Waals surface area contributed by atoms with E-state index >= 15 is 0 Å². The van der Waals surface area contributed by atoms with Crippen LogP contribution in [0.1, 0.15) is 5.56 Å². The third-order valence-corrected chi connectivity index (χ3v) is 3.50. The molecule has 1 aliphatic rings. The Kier molecular flexibility index (Phi) is 5.28. The van der Waals surface area contributed by atoms with Crippen molar-refractivity contribution in [1.29, 1.82) is 0 Å². The van der Waals surface area contributed by atoms with Crippen molar-refractivity contribution >= 4 is 0 Å². The highest BCUT2D eigenvalue weighted by Gasteiger charge is 2.54. The van der Waals surface area contributed by atoms with Crippen LogP contribution in [0.15, 0.2) is 30.3 Å². The van der Waals surface area contributed by atoms with E-state index in [4.69, 9.17) is 14.2 Å². The lowest BCUT2D eigenvalue weighted by Crippen LogP contribution is -2.67. The first kappa shape index (κ1) is 16.3. The molecule has 118 valence electrons. The third-order valence-electron chi connectivity index (χ3n) is 3.50. The smallest absolute Gasteiger partial charge is 0.223 e. The van der Waals surface area contributed by atoms with E-state index in [0.717, 1.165) is 5.56 Å². The van der Waals surface area contributed by atoms with E-state index in [1.165, 1.54) is 7.11 Å². The molecule has 1 heterocycles. The molecule has 1 unspecified atom stereocenters. The van der Waals surface area contributed by atoms with Crippen LogP contribution in [0.2, 0.25) is 0 Å². The monoisotopic (exact) mass is 300 g/mol. The van der Waals surface area contributed by atoms with E-state index in [2.05, 4.69) is 0 Å². The van der Waals surface area contributed by atoms with E-state index < -0.39 is 37.0 Å². The number of aliphatic hydroxyl groups is 4. The van der Waals surface area contributed by atoms with Gasteiger partial charge in [-0.05, 0) is 5.56 Å². The Morgan fingerprint density at radius 1 is 1.14 bits per heavy atom. The molecule has 1 aromatic carbocycles. The molecule has 1 aromatic rings. The van der Waals surface area contributed by atoms with Crippen LogP contribution in [0.4, 0.5) is 0 Å². The second-order valence-corrected chi connectivity index (χ2v) is 4.89. The Hall–Kier alpha value is -1.06. The summed E-state index contributed by atoms with van der Waals surface area (Å²) in [5, 5.41) is 39.2. The molecule has 0 radical (unpaired) electrons. The van der Waals surface area contributed by atoms with Crippen molar-refractivity contribution in [3.8, 4) is 0 Å². The van der Waals surface area contributed by atoms with Crippen molar-refractivity contribution in [1.82, 2.24) is 0 Å². The van der Waals surface area contributed by atoms with E-state index in [1.807, 2.05) is 18.2 Å².